The van der Waals surface area contributed by atoms with Crippen LogP contribution < -0.4 is 0 Å². The number of ether oxygens (including phenoxy) is 2. The van der Waals surface area contributed by atoms with Crippen LogP contribution in [-0.4, -0.2) is 53.1 Å². The van der Waals surface area contributed by atoms with Gasteiger partial charge in [0.25, 0.3) is 0 Å². The lowest BCUT2D eigenvalue weighted by molar-refractivity contribution is -0.109. The van der Waals surface area contributed by atoms with Crippen molar-refractivity contribution in [3.8, 4) is 0 Å². The molecule has 2 fully saturated rings. The van der Waals surface area contributed by atoms with E-state index in [1.54, 1.807) is 4.90 Å². The Bertz CT molecular complexity index is 291. The first-order chi connectivity index (χ1) is 7.30. The first-order valence-electron chi connectivity index (χ1n) is 5.60. The van der Waals surface area contributed by atoms with Gasteiger partial charge in [0.05, 0.1) is 25.8 Å². The number of likely N-dealkylation sites (tertiary alicyclic amines) is 1. The number of hydrogen-bond acceptors (Lipinski definition) is 4. The summed E-state index contributed by atoms with van der Waals surface area (Å²) in [7, 11) is 0. The maximum Gasteiger partial charge on any atom is 0.410 e. The second-order valence-corrected chi connectivity index (χ2v) is 5.69. The van der Waals surface area contributed by atoms with E-state index in [0.717, 1.165) is 0 Å². The minimum atomic E-state index is -0.462. The monoisotopic (exact) mass is 229 g/mol. The van der Waals surface area contributed by atoms with Crippen LogP contribution in [0.15, 0.2) is 0 Å². The second-order valence-electron chi connectivity index (χ2n) is 5.69. The van der Waals surface area contributed by atoms with Crippen molar-refractivity contribution >= 4 is 6.09 Å². The molecule has 2 aliphatic heterocycles. The Labute approximate surface area is 95.3 Å². The van der Waals surface area contributed by atoms with Gasteiger partial charge in [0, 0.05) is 6.42 Å². The van der Waals surface area contributed by atoms with E-state index >= 15 is 0 Å². The fourth-order valence-electron chi connectivity index (χ4n) is 2.15. The lowest BCUT2D eigenvalue weighted by atomic mass is 9.91. The Morgan fingerprint density at radius 3 is 2.56 bits per heavy atom. The highest BCUT2D eigenvalue weighted by atomic mass is 16.6. The summed E-state index contributed by atoms with van der Waals surface area (Å²) < 4.78 is 10.7. The van der Waals surface area contributed by atoms with Crippen LogP contribution in [0.5, 0.6) is 0 Å². The van der Waals surface area contributed by atoms with E-state index in [4.69, 9.17) is 9.47 Å². The minimum Gasteiger partial charge on any atom is -0.444 e. The summed E-state index contributed by atoms with van der Waals surface area (Å²) in [5.74, 6) is 0. The number of nitrogens with zero attached hydrogens (tertiary/aromatic N) is 1. The van der Waals surface area contributed by atoms with Gasteiger partial charge in [-0.25, -0.2) is 4.79 Å². The van der Waals surface area contributed by atoms with Gasteiger partial charge in [-0.2, -0.15) is 0 Å². The van der Waals surface area contributed by atoms with E-state index in [9.17, 15) is 9.90 Å². The van der Waals surface area contributed by atoms with Crippen LogP contribution >= 0.6 is 0 Å². The zero-order valence-corrected chi connectivity index (χ0v) is 10.0. The van der Waals surface area contributed by atoms with E-state index in [1.165, 1.54) is 0 Å². The molecule has 2 aliphatic rings. The average Bonchev–Trinajstić information content (AvgIpc) is 2.41. The zero-order chi connectivity index (χ0) is 12.0. The first kappa shape index (κ1) is 11.7. The van der Waals surface area contributed by atoms with Crippen LogP contribution in [0.25, 0.3) is 0 Å². The van der Waals surface area contributed by atoms with Gasteiger partial charge in [0.1, 0.15) is 11.2 Å². The zero-order valence-electron chi connectivity index (χ0n) is 10.0. The van der Waals surface area contributed by atoms with Gasteiger partial charge in [0.2, 0.25) is 0 Å². The Kier molecular flexibility index (Phi) is 2.62. The van der Waals surface area contributed by atoms with Crippen molar-refractivity contribution in [3.63, 3.8) is 0 Å². The largest absolute Gasteiger partial charge is 0.444 e. The van der Waals surface area contributed by atoms with Gasteiger partial charge in [-0.15, -0.1) is 0 Å². The van der Waals surface area contributed by atoms with Crippen LogP contribution in [-0.2, 0) is 9.47 Å². The highest BCUT2D eigenvalue weighted by molar-refractivity contribution is 5.69. The predicted molar refractivity (Wildman–Crippen MR) is 57.1 cm³/mol. The molecule has 1 N–H and O–H groups in total. The predicted octanol–water partition coefficient (Wildman–Crippen LogP) is 0.757. The van der Waals surface area contributed by atoms with Gasteiger partial charge in [0.15, 0.2) is 0 Å². The van der Waals surface area contributed by atoms with Crippen molar-refractivity contribution in [2.75, 3.05) is 19.7 Å². The number of amides is 1. The van der Waals surface area contributed by atoms with Crippen LogP contribution in [0.2, 0.25) is 0 Å². The fourth-order valence-corrected chi connectivity index (χ4v) is 2.15. The van der Waals surface area contributed by atoms with Crippen LogP contribution in [0.1, 0.15) is 27.2 Å². The first-order valence-corrected chi connectivity index (χ1v) is 5.60. The van der Waals surface area contributed by atoms with Gasteiger partial charge in [-0.05, 0) is 20.8 Å². The van der Waals surface area contributed by atoms with E-state index in [0.29, 0.717) is 26.1 Å². The Hall–Kier alpha value is -0.810. The van der Waals surface area contributed by atoms with Crippen molar-refractivity contribution in [2.45, 2.75) is 44.5 Å². The molecule has 0 radical (unpaired) electrons. The number of hydrogen-bond donors (Lipinski definition) is 1. The van der Waals surface area contributed by atoms with Gasteiger partial charge in [-0.1, -0.05) is 0 Å². The fraction of sp³-hybridized carbons (Fsp3) is 0.909. The molecule has 1 atom stereocenters. The maximum atomic E-state index is 11.6. The summed E-state index contributed by atoms with van der Waals surface area (Å²) in [6.45, 7) is 6.96. The van der Waals surface area contributed by atoms with Crippen molar-refractivity contribution in [2.24, 2.45) is 0 Å². The highest BCUT2D eigenvalue weighted by Crippen LogP contribution is 2.35. The molecule has 0 aromatic carbocycles. The normalized spacial score (nSPS) is 28.0. The summed E-state index contributed by atoms with van der Waals surface area (Å²) >= 11 is 0. The Balaban J connectivity index is 1.82. The average molecular weight is 229 g/mol. The van der Waals surface area contributed by atoms with Crippen LogP contribution in [0.3, 0.4) is 0 Å². The Morgan fingerprint density at radius 2 is 2.12 bits per heavy atom. The van der Waals surface area contributed by atoms with Gasteiger partial charge in [-0.3, -0.25) is 0 Å². The van der Waals surface area contributed by atoms with E-state index < -0.39 is 5.60 Å². The third-order valence-electron chi connectivity index (χ3n) is 2.80. The van der Waals surface area contributed by atoms with Crippen LogP contribution in [0.4, 0.5) is 4.79 Å². The molecule has 0 aromatic heterocycles. The van der Waals surface area contributed by atoms with Crippen LogP contribution in [0, 0.1) is 0 Å². The standard InChI is InChI=1S/C11H19NO4/c1-10(2,3)16-9(14)12-6-11(7-12)4-8(13)5-15-11/h8,13H,4-7H2,1-3H3/t8-/m0/s1. The molecular formula is C11H19NO4. The quantitative estimate of drug-likeness (QED) is 0.666. The molecular weight excluding hydrogens is 210 g/mol. The number of aliphatic hydroxyl groups is 1. The summed E-state index contributed by atoms with van der Waals surface area (Å²) in [5, 5.41) is 9.38. The number of aliphatic hydroxyl groups excluding tert-OH is 1. The molecule has 1 spiro atoms. The van der Waals surface area contributed by atoms with Gasteiger partial charge < -0.3 is 19.5 Å². The summed E-state index contributed by atoms with van der Waals surface area (Å²) in [4.78, 5) is 13.3. The van der Waals surface area contributed by atoms with E-state index in [-0.39, 0.29) is 17.8 Å². The lowest BCUT2D eigenvalue weighted by Crippen LogP contribution is -2.63. The second kappa shape index (κ2) is 3.60. The SMILES string of the molecule is CC(C)(C)OC(=O)N1CC2(C[C@H](O)CO2)C1. The molecule has 2 heterocycles. The third kappa shape index (κ3) is 2.30. The number of carbonyl (C=O) groups excluding carboxylic acids is 1. The lowest BCUT2D eigenvalue weighted by Gasteiger charge is -2.46. The van der Waals surface area contributed by atoms with Gasteiger partial charge >= 0.3 is 6.09 Å². The molecule has 1 amide bonds. The highest BCUT2D eigenvalue weighted by Gasteiger charge is 2.51. The molecule has 2 rings (SSSR count). The van der Waals surface area contributed by atoms with Crippen molar-refractivity contribution in [3.05, 3.63) is 0 Å². The molecule has 0 saturated carbocycles. The molecule has 0 aromatic rings. The molecule has 0 aliphatic carbocycles. The molecule has 92 valence electrons. The summed E-state index contributed by atoms with van der Waals surface area (Å²) in [5.41, 5.74) is -0.772. The summed E-state index contributed by atoms with van der Waals surface area (Å²) in [6.07, 6.45) is -0.0735. The van der Waals surface area contributed by atoms with Crippen molar-refractivity contribution in [1.29, 1.82) is 0 Å². The Morgan fingerprint density at radius 1 is 1.50 bits per heavy atom. The number of rotatable bonds is 0. The molecule has 2 saturated heterocycles. The third-order valence-corrected chi connectivity index (χ3v) is 2.80. The molecule has 16 heavy (non-hydrogen) atoms. The molecule has 0 bridgehead atoms. The van der Waals surface area contributed by atoms with E-state index in [1.807, 2.05) is 20.8 Å². The molecule has 5 nitrogen and oxygen atoms in total. The smallest absolute Gasteiger partial charge is 0.410 e. The molecule has 0 unspecified atom stereocenters. The number of carbonyl (C=O) groups is 1. The maximum absolute atomic E-state index is 11.6. The topological polar surface area (TPSA) is 59.0 Å². The minimum absolute atomic E-state index is 0.303. The van der Waals surface area contributed by atoms with Crippen molar-refractivity contribution in [1.82, 2.24) is 4.90 Å². The van der Waals surface area contributed by atoms with E-state index in [2.05, 4.69) is 0 Å². The molecule has 5 heteroatoms. The van der Waals surface area contributed by atoms with Crippen molar-refractivity contribution < 1.29 is 19.4 Å². The summed E-state index contributed by atoms with van der Waals surface area (Å²) in [6, 6.07) is 0.